The zero-order chi connectivity index (χ0) is 24.6. The van der Waals surface area contributed by atoms with Gasteiger partial charge in [0.1, 0.15) is 11.8 Å². The number of carbonyl (C=O) groups is 4. The van der Waals surface area contributed by atoms with Crippen molar-refractivity contribution in [1.82, 2.24) is 10.0 Å². The predicted octanol–water partition coefficient (Wildman–Crippen LogP) is 4.93. The highest BCUT2D eigenvalue weighted by molar-refractivity contribution is 6.37. The number of rotatable bonds is 6. The van der Waals surface area contributed by atoms with E-state index in [2.05, 4.69) is 0 Å². The number of nitrogens with zero attached hydrogens (tertiary/aromatic N) is 2. The summed E-state index contributed by atoms with van der Waals surface area (Å²) in [6.07, 6.45) is 0. The smallest absolute Gasteiger partial charge is 0.280 e. The molecule has 9 heteroatoms. The summed E-state index contributed by atoms with van der Waals surface area (Å²) in [6.45, 7) is 1.44. The molecule has 3 amide bonds. The summed E-state index contributed by atoms with van der Waals surface area (Å²) in [5.74, 6) is -2.17. The lowest BCUT2D eigenvalue weighted by atomic mass is 10.0. The highest BCUT2D eigenvalue weighted by Crippen LogP contribution is 2.30. The van der Waals surface area contributed by atoms with Crippen LogP contribution >= 0.6 is 23.2 Å². The lowest BCUT2D eigenvalue weighted by molar-refractivity contribution is -0.00680. The van der Waals surface area contributed by atoms with E-state index in [0.29, 0.717) is 15.8 Å². The third kappa shape index (κ3) is 4.04. The molecule has 172 valence electrons. The van der Waals surface area contributed by atoms with Crippen LogP contribution in [0.5, 0.6) is 5.75 Å². The molecular weight excluding hydrogens is 479 g/mol. The first-order chi connectivity index (χ1) is 16.2. The summed E-state index contributed by atoms with van der Waals surface area (Å²) in [4.78, 5) is 53.4. The first-order valence-electron chi connectivity index (χ1n) is 10.2. The van der Waals surface area contributed by atoms with Crippen molar-refractivity contribution in [3.05, 3.63) is 99.0 Å². The number of carbonyl (C=O) groups excluding carboxylic acids is 4. The van der Waals surface area contributed by atoms with Gasteiger partial charge in [0.15, 0.2) is 5.78 Å². The Morgan fingerprint density at radius 2 is 1.50 bits per heavy atom. The number of amides is 3. The van der Waals surface area contributed by atoms with Crippen molar-refractivity contribution in [2.45, 2.75) is 13.0 Å². The van der Waals surface area contributed by atoms with Crippen LogP contribution in [0, 0.1) is 0 Å². The number of ether oxygens (including phenoxy) is 1. The Kier molecular flexibility index (Phi) is 6.41. The zero-order valence-corrected chi connectivity index (χ0v) is 19.6. The average molecular weight is 497 g/mol. The number of benzene rings is 3. The third-order valence-corrected chi connectivity index (χ3v) is 6.03. The molecule has 3 aromatic carbocycles. The van der Waals surface area contributed by atoms with E-state index in [4.69, 9.17) is 27.9 Å². The molecule has 0 saturated heterocycles. The van der Waals surface area contributed by atoms with Crippen molar-refractivity contribution in [2.24, 2.45) is 0 Å². The molecule has 1 aliphatic heterocycles. The summed E-state index contributed by atoms with van der Waals surface area (Å²) in [6, 6.07) is 15.5. The quantitative estimate of drug-likeness (QED) is 0.357. The number of fused-ring (bicyclic) bond motifs is 1. The van der Waals surface area contributed by atoms with Gasteiger partial charge in [-0.2, -0.15) is 5.01 Å². The van der Waals surface area contributed by atoms with Crippen LogP contribution in [-0.4, -0.2) is 46.7 Å². The van der Waals surface area contributed by atoms with Gasteiger partial charge in [-0.3, -0.25) is 19.2 Å². The normalized spacial score (nSPS) is 13.5. The van der Waals surface area contributed by atoms with Crippen molar-refractivity contribution in [3.63, 3.8) is 0 Å². The molecule has 4 rings (SSSR count). The summed E-state index contributed by atoms with van der Waals surface area (Å²) in [5, 5.41) is 1.87. The zero-order valence-electron chi connectivity index (χ0n) is 18.1. The molecule has 7 nitrogen and oxygen atoms in total. The summed E-state index contributed by atoms with van der Waals surface area (Å²) in [5.41, 5.74) is 0.523. The molecule has 0 saturated carbocycles. The van der Waals surface area contributed by atoms with E-state index in [1.807, 2.05) is 0 Å². The number of Topliss-reactive ketones (excluding diaryl/α,β-unsaturated/α-hetero) is 1. The number of methoxy groups -OCH3 is 1. The number of halogens is 2. The van der Waals surface area contributed by atoms with Crippen LogP contribution in [0.1, 0.15) is 48.4 Å². The van der Waals surface area contributed by atoms with Crippen LogP contribution in [-0.2, 0) is 0 Å². The Morgan fingerprint density at radius 3 is 2.03 bits per heavy atom. The molecule has 0 aliphatic carbocycles. The van der Waals surface area contributed by atoms with Crippen LogP contribution < -0.4 is 4.74 Å². The largest absolute Gasteiger partial charge is 0.497 e. The lowest BCUT2D eigenvalue weighted by Gasteiger charge is -2.34. The monoisotopic (exact) mass is 496 g/mol. The Labute approximate surface area is 205 Å². The van der Waals surface area contributed by atoms with Crippen LogP contribution in [0.15, 0.2) is 66.7 Å². The lowest BCUT2D eigenvalue weighted by Crippen LogP contribution is -2.56. The molecule has 0 N–H and O–H groups in total. The minimum Gasteiger partial charge on any atom is -0.497 e. The van der Waals surface area contributed by atoms with Gasteiger partial charge in [-0.1, -0.05) is 35.3 Å². The molecule has 0 bridgehead atoms. The standard InChI is InChI=1S/C25H18Cl2N2O5/c1-14(22(30)15-7-10-17(34-2)11-8-15)28(25(33)20-12-9-16(26)13-21(20)27)29-23(31)18-5-3-4-6-19(18)24(29)32/h3-14H,1-2H3/t14-/m1/s1. The highest BCUT2D eigenvalue weighted by Gasteiger charge is 2.45. The molecule has 0 fully saturated rings. The highest BCUT2D eigenvalue weighted by atomic mass is 35.5. The first kappa shape index (κ1) is 23.5. The van der Waals surface area contributed by atoms with Gasteiger partial charge in [-0.05, 0) is 61.5 Å². The topological polar surface area (TPSA) is 84.0 Å². The fraction of sp³-hybridized carbons (Fsp3) is 0.120. The predicted molar refractivity (Wildman–Crippen MR) is 126 cm³/mol. The van der Waals surface area contributed by atoms with E-state index in [0.717, 1.165) is 5.01 Å². The van der Waals surface area contributed by atoms with Gasteiger partial charge in [0.25, 0.3) is 17.7 Å². The van der Waals surface area contributed by atoms with Gasteiger partial charge >= 0.3 is 0 Å². The number of hydrogen-bond donors (Lipinski definition) is 0. The van der Waals surface area contributed by atoms with Crippen molar-refractivity contribution in [2.75, 3.05) is 7.11 Å². The van der Waals surface area contributed by atoms with Gasteiger partial charge in [0, 0.05) is 10.6 Å². The van der Waals surface area contributed by atoms with Crippen molar-refractivity contribution in [1.29, 1.82) is 0 Å². The number of imide groups is 1. The van der Waals surface area contributed by atoms with E-state index in [-0.39, 0.29) is 27.3 Å². The summed E-state index contributed by atoms with van der Waals surface area (Å²) in [7, 11) is 1.50. The molecule has 1 atom stereocenters. The van der Waals surface area contributed by atoms with Crippen molar-refractivity contribution in [3.8, 4) is 5.75 Å². The van der Waals surface area contributed by atoms with E-state index >= 15 is 0 Å². The Balaban J connectivity index is 1.79. The second-order valence-electron chi connectivity index (χ2n) is 7.51. The Bertz CT molecular complexity index is 1290. The fourth-order valence-corrected chi connectivity index (χ4v) is 4.20. The maximum Gasteiger partial charge on any atom is 0.280 e. The number of hydrogen-bond acceptors (Lipinski definition) is 5. The molecule has 1 heterocycles. The molecule has 0 radical (unpaired) electrons. The number of hydrazine groups is 1. The third-order valence-electron chi connectivity index (χ3n) is 5.48. The van der Waals surface area contributed by atoms with Crippen molar-refractivity contribution >= 4 is 46.7 Å². The van der Waals surface area contributed by atoms with Gasteiger partial charge in [0.05, 0.1) is 28.8 Å². The minimum absolute atomic E-state index is 0.0167. The van der Waals surface area contributed by atoms with E-state index in [9.17, 15) is 19.2 Å². The summed E-state index contributed by atoms with van der Waals surface area (Å²) >= 11 is 12.2. The maximum atomic E-state index is 13.7. The van der Waals surface area contributed by atoms with Crippen molar-refractivity contribution < 1.29 is 23.9 Å². The minimum atomic E-state index is -1.23. The number of ketones is 1. The molecular formula is C25H18Cl2N2O5. The molecule has 0 aromatic heterocycles. The summed E-state index contributed by atoms with van der Waals surface area (Å²) < 4.78 is 5.12. The second kappa shape index (κ2) is 9.29. The molecule has 34 heavy (non-hydrogen) atoms. The van der Waals surface area contributed by atoms with Gasteiger partial charge in [0.2, 0.25) is 0 Å². The van der Waals surface area contributed by atoms with Crippen LogP contribution in [0.4, 0.5) is 0 Å². The Hall–Kier alpha value is -3.68. The first-order valence-corrected chi connectivity index (χ1v) is 10.9. The van der Waals surface area contributed by atoms with Crippen LogP contribution in [0.3, 0.4) is 0 Å². The fourth-order valence-electron chi connectivity index (χ4n) is 3.71. The molecule has 3 aromatic rings. The second-order valence-corrected chi connectivity index (χ2v) is 8.35. The maximum absolute atomic E-state index is 13.7. The molecule has 0 unspecified atom stereocenters. The molecule has 1 aliphatic rings. The average Bonchev–Trinajstić information content (AvgIpc) is 3.09. The SMILES string of the molecule is COc1ccc(C(=O)[C@@H](C)N(C(=O)c2ccc(Cl)cc2Cl)N2C(=O)c3ccccc3C2=O)cc1. The molecule has 0 spiro atoms. The van der Waals surface area contributed by atoms with Crippen LogP contribution in [0.25, 0.3) is 0 Å². The van der Waals surface area contributed by atoms with E-state index < -0.39 is 29.5 Å². The van der Waals surface area contributed by atoms with Gasteiger partial charge in [-0.15, -0.1) is 0 Å². The van der Waals surface area contributed by atoms with Crippen LogP contribution in [0.2, 0.25) is 10.0 Å². The van der Waals surface area contributed by atoms with Gasteiger partial charge in [-0.25, -0.2) is 5.01 Å². The van der Waals surface area contributed by atoms with E-state index in [1.165, 1.54) is 56.5 Å². The van der Waals surface area contributed by atoms with Gasteiger partial charge < -0.3 is 4.74 Å². The Morgan fingerprint density at radius 1 is 0.912 bits per heavy atom. The van der Waals surface area contributed by atoms with E-state index in [1.54, 1.807) is 24.3 Å².